The molecule has 0 fully saturated rings. The Labute approximate surface area is 150 Å². The largest absolute Gasteiger partial charge is 0.505 e. The highest BCUT2D eigenvalue weighted by Gasteiger charge is 2.24. The molecule has 0 bridgehead atoms. The van der Waals surface area contributed by atoms with Crippen LogP contribution in [-0.2, 0) is 11.0 Å². The number of hydrogen-bond donors (Lipinski definition) is 2. The summed E-state index contributed by atoms with van der Waals surface area (Å²) in [6.45, 7) is 5.93. The Balaban J connectivity index is 2.68. The first-order valence-electron chi connectivity index (χ1n) is 7.87. The topological polar surface area (TPSA) is 82.5 Å². The molecule has 2 aromatic rings. The standard InChI is InChI=1S/C18H23N3O3S/c1-6-11(2)10-20-18(23)14-12(3)16(21(4)25(5)24)13-8-7-9-19-15(13)17(14)22/h6-9,22H,10H2,1-5H3,(H,20,23)/b11-6+. The Morgan fingerprint density at radius 2 is 2.16 bits per heavy atom. The summed E-state index contributed by atoms with van der Waals surface area (Å²) < 4.78 is 13.6. The van der Waals surface area contributed by atoms with Gasteiger partial charge in [0.05, 0.1) is 11.3 Å². The Kier molecular flexibility index (Phi) is 5.79. The molecule has 1 unspecified atom stereocenters. The molecule has 134 valence electrons. The second-order valence-corrected chi connectivity index (χ2v) is 7.23. The van der Waals surface area contributed by atoms with E-state index in [2.05, 4.69) is 10.3 Å². The molecule has 2 rings (SSSR count). The maximum Gasteiger partial charge on any atom is 0.255 e. The third-order valence-electron chi connectivity index (χ3n) is 4.20. The van der Waals surface area contributed by atoms with Crippen LogP contribution < -0.4 is 9.62 Å². The minimum Gasteiger partial charge on any atom is -0.505 e. The molecular formula is C18H23N3O3S. The Bertz CT molecular complexity index is 877. The third-order valence-corrected chi connectivity index (χ3v) is 5.16. The molecule has 1 aromatic carbocycles. The molecule has 1 aromatic heterocycles. The molecule has 0 aliphatic heterocycles. The van der Waals surface area contributed by atoms with Crippen molar-refractivity contribution in [1.29, 1.82) is 0 Å². The fraction of sp³-hybridized carbons (Fsp3) is 0.333. The summed E-state index contributed by atoms with van der Waals surface area (Å²) in [5, 5.41) is 14.1. The van der Waals surface area contributed by atoms with Crippen molar-refractivity contribution >= 4 is 33.5 Å². The van der Waals surface area contributed by atoms with Gasteiger partial charge in [-0.25, -0.2) is 4.21 Å². The number of allylic oxidation sites excluding steroid dienone is 1. The summed E-state index contributed by atoms with van der Waals surface area (Å²) in [4.78, 5) is 16.9. The number of carbonyl (C=O) groups is 1. The first-order chi connectivity index (χ1) is 11.8. The molecule has 0 aliphatic rings. The number of hydrogen-bond acceptors (Lipinski definition) is 4. The van der Waals surface area contributed by atoms with E-state index in [1.807, 2.05) is 19.9 Å². The molecule has 0 spiro atoms. The van der Waals surface area contributed by atoms with E-state index in [1.165, 1.54) is 0 Å². The summed E-state index contributed by atoms with van der Waals surface area (Å²) in [5.74, 6) is -0.553. The Morgan fingerprint density at radius 3 is 2.76 bits per heavy atom. The number of phenolic OH excluding ortho intramolecular Hbond substituents is 1. The van der Waals surface area contributed by atoms with Crippen LogP contribution in [0.25, 0.3) is 10.9 Å². The highest BCUT2D eigenvalue weighted by molar-refractivity contribution is 7.85. The first-order valence-corrected chi connectivity index (χ1v) is 9.38. The van der Waals surface area contributed by atoms with Gasteiger partial charge in [-0.1, -0.05) is 11.6 Å². The summed E-state index contributed by atoms with van der Waals surface area (Å²) in [6, 6.07) is 3.53. The summed E-state index contributed by atoms with van der Waals surface area (Å²) in [5.41, 5.74) is 2.66. The van der Waals surface area contributed by atoms with Crippen molar-refractivity contribution in [2.24, 2.45) is 0 Å². The number of anilines is 1. The number of carbonyl (C=O) groups excluding carboxylic acids is 1. The van der Waals surface area contributed by atoms with Crippen LogP contribution in [0, 0.1) is 6.92 Å². The first kappa shape index (κ1) is 18.9. The number of nitrogens with zero attached hydrogens (tertiary/aromatic N) is 2. The number of benzene rings is 1. The zero-order valence-electron chi connectivity index (χ0n) is 15.1. The number of aromatic hydroxyl groups is 1. The number of amides is 1. The minimum absolute atomic E-state index is 0.155. The predicted molar refractivity (Wildman–Crippen MR) is 102 cm³/mol. The summed E-state index contributed by atoms with van der Waals surface area (Å²) in [6.07, 6.45) is 5.02. The van der Waals surface area contributed by atoms with Crippen LogP contribution in [0.4, 0.5) is 5.69 Å². The van der Waals surface area contributed by atoms with Crippen LogP contribution in [-0.4, -0.2) is 40.1 Å². The zero-order valence-corrected chi connectivity index (χ0v) is 15.9. The van der Waals surface area contributed by atoms with E-state index in [0.717, 1.165) is 5.57 Å². The van der Waals surface area contributed by atoms with E-state index in [9.17, 15) is 14.1 Å². The fourth-order valence-electron chi connectivity index (χ4n) is 2.62. The van der Waals surface area contributed by atoms with E-state index < -0.39 is 11.0 Å². The van der Waals surface area contributed by atoms with E-state index in [1.54, 1.807) is 42.9 Å². The maximum absolute atomic E-state index is 12.7. The molecule has 7 heteroatoms. The van der Waals surface area contributed by atoms with Crippen molar-refractivity contribution in [3.05, 3.63) is 41.1 Å². The highest BCUT2D eigenvalue weighted by Crippen LogP contribution is 2.39. The van der Waals surface area contributed by atoms with Crippen LogP contribution >= 0.6 is 0 Å². The molecule has 0 saturated carbocycles. The Morgan fingerprint density at radius 1 is 1.48 bits per heavy atom. The number of pyridine rings is 1. The van der Waals surface area contributed by atoms with E-state index >= 15 is 0 Å². The number of fused-ring (bicyclic) bond motifs is 1. The van der Waals surface area contributed by atoms with Gasteiger partial charge in [0.15, 0.2) is 5.75 Å². The van der Waals surface area contributed by atoms with Gasteiger partial charge in [-0.05, 0) is 38.5 Å². The smallest absolute Gasteiger partial charge is 0.255 e. The molecule has 2 N–H and O–H groups in total. The monoisotopic (exact) mass is 361 g/mol. The van der Waals surface area contributed by atoms with Gasteiger partial charge < -0.3 is 10.4 Å². The van der Waals surface area contributed by atoms with Gasteiger partial charge >= 0.3 is 0 Å². The van der Waals surface area contributed by atoms with Crippen LogP contribution in [0.3, 0.4) is 0 Å². The summed E-state index contributed by atoms with van der Waals surface area (Å²) in [7, 11) is 0.403. The predicted octanol–water partition coefficient (Wildman–Crippen LogP) is 2.67. The van der Waals surface area contributed by atoms with E-state index in [-0.39, 0.29) is 17.2 Å². The van der Waals surface area contributed by atoms with Gasteiger partial charge in [0.1, 0.15) is 16.5 Å². The molecular weight excluding hydrogens is 338 g/mol. The molecule has 0 saturated heterocycles. The van der Waals surface area contributed by atoms with Crippen molar-refractivity contribution < 1.29 is 14.1 Å². The van der Waals surface area contributed by atoms with Gasteiger partial charge in [-0.2, -0.15) is 0 Å². The number of rotatable bonds is 5. The zero-order chi connectivity index (χ0) is 18.7. The molecule has 1 amide bonds. The quantitative estimate of drug-likeness (QED) is 0.802. The number of aromatic nitrogens is 1. The molecule has 0 aliphatic carbocycles. The van der Waals surface area contributed by atoms with E-state index in [4.69, 9.17) is 0 Å². The van der Waals surface area contributed by atoms with Crippen LogP contribution in [0.15, 0.2) is 30.0 Å². The minimum atomic E-state index is -1.29. The van der Waals surface area contributed by atoms with Crippen molar-refractivity contribution in [3.8, 4) is 5.75 Å². The van der Waals surface area contributed by atoms with Crippen molar-refractivity contribution in [3.63, 3.8) is 0 Å². The molecule has 0 radical (unpaired) electrons. The van der Waals surface area contributed by atoms with Gasteiger partial charge in [0, 0.05) is 31.4 Å². The van der Waals surface area contributed by atoms with Crippen molar-refractivity contribution in [1.82, 2.24) is 10.3 Å². The molecule has 1 atom stereocenters. The average molecular weight is 361 g/mol. The normalized spacial score (nSPS) is 12.9. The number of phenols is 1. The average Bonchev–Trinajstić information content (AvgIpc) is 2.59. The lowest BCUT2D eigenvalue weighted by atomic mass is 9.99. The fourth-order valence-corrected chi connectivity index (χ4v) is 3.12. The van der Waals surface area contributed by atoms with E-state index in [0.29, 0.717) is 28.7 Å². The lowest BCUT2D eigenvalue weighted by molar-refractivity contribution is 0.0954. The number of nitrogens with one attached hydrogen (secondary N) is 1. The highest BCUT2D eigenvalue weighted by atomic mass is 32.2. The second kappa shape index (κ2) is 7.65. The lowest BCUT2D eigenvalue weighted by Crippen LogP contribution is -2.27. The van der Waals surface area contributed by atoms with Crippen LogP contribution in [0.2, 0.25) is 0 Å². The Hall–Kier alpha value is -2.41. The van der Waals surface area contributed by atoms with Crippen molar-refractivity contribution in [2.75, 3.05) is 24.2 Å². The second-order valence-electron chi connectivity index (χ2n) is 5.84. The molecule has 1 heterocycles. The maximum atomic E-state index is 12.7. The van der Waals surface area contributed by atoms with Gasteiger partial charge in [-0.15, -0.1) is 0 Å². The molecule has 25 heavy (non-hydrogen) atoms. The third kappa shape index (κ3) is 3.66. The van der Waals surface area contributed by atoms with Gasteiger partial charge in [0.25, 0.3) is 5.91 Å². The van der Waals surface area contributed by atoms with Crippen LogP contribution in [0.5, 0.6) is 5.75 Å². The SMILES string of the molecule is C/C=C(\C)CNC(=O)c1c(C)c(N(C)S(C)=O)c2cccnc2c1O. The summed E-state index contributed by atoms with van der Waals surface area (Å²) >= 11 is 0. The van der Waals surface area contributed by atoms with Gasteiger partial charge in [0.2, 0.25) is 0 Å². The van der Waals surface area contributed by atoms with Crippen LogP contribution in [0.1, 0.15) is 29.8 Å². The molecule has 6 nitrogen and oxygen atoms in total. The lowest BCUT2D eigenvalue weighted by Gasteiger charge is -2.23. The van der Waals surface area contributed by atoms with Gasteiger partial charge in [-0.3, -0.25) is 14.1 Å². The van der Waals surface area contributed by atoms with Crippen molar-refractivity contribution in [2.45, 2.75) is 20.8 Å².